The van der Waals surface area contributed by atoms with Gasteiger partial charge in [-0.15, -0.1) is 0 Å². The van der Waals surface area contributed by atoms with Gasteiger partial charge in [-0.05, 0) is 12.1 Å². The van der Waals surface area contributed by atoms with Crippen molar-refractivity contribution in [3.63, 3.8) is 0 Å². The van der Waals surface area contributed by atoms with Gasteiger partial charge in [0.25, 0.3) is 0 Å². The monoisotopic (exact) mass is 323 g/mol. The van der Waals surface area contributed by atoms with Crippen LogP contribution in [-0.2, 0) is 7.05 Å². The van der Waals surface area contributed by atoms with E-state index >= 15 is 0 Å². The number of para-hydroxylation sites is 1. The second-order valence-corrected chi connectivity index (χ2v) is 5.06. The van der Waals surface area contributed by atoms with Crippen LogP contribution in [0.5, 0.6) is 0 Å². The van der Waals surface area contributed by atoms with E-state index in [2.05, 4.69) is 0 Å². The first-order chi connectivity index (χ1) is 10.0. The molecule has 2 aromatic rings. The Morgan fingerprint density at radius 3 is 2.00 bits per heavy atom. The van der Waals surface area contributed by atoms with Crippen LogP contribution in [0.4, 0.5) is 30.7 Å². The Labute approximate surface area is 119 Å². The molecule has 0 spiro atoms. The molecule has 118 valence electrons. The van der Waals surface area contributed by atoms with Gasteiger partial charge >= 0.3 is 17.8 Å². The third-order valence-electron chi connectivity index (χ3n) is 3.81. The third kappa shape index (κ3) is 1.50. The number of halogens is 7. The van der Waals surface area contributed by atoms with Gasteiger partial charge in [0.1, 0.15) is 0 Å². The molecule has 0 unspecified atom stereocenters. The maximum Gasteiger partial charge on any atom is 0.383 e. The molecule has 0 fully saturated rings. The maximum atomic E-state index is 13.8. The van der Waals surface area contributed by atoms with Crippen LogP contribution in [0.1, 0.15) is 5.69 Å². The van der Waals surface area contributed by atoms with Crippen LogP contribution in [0.15, 0.2) is 36.2 Å². The predicted molar refractivity (Wildman–Crippen MR) is 65.8 cm³/mol. The number of alkyl halides is 6. The van der Waals surface area contributed by atoms with Gasteiger partial charge in [0.15, 0.2) is 5.83 Å². The molecule has 0 saturated heterocycles. The molecule has 0 amide bonds. The molecule has 0 atom stereocenters. The highest BCUT2D eigenvalue weighted by Gasteiger charge is 2.81. The summed E-state index contributed by atoms with van der Waals surface area (Å²) in [5.74, 6) is -19.5. The average molecular weight is 323 g/mol. The normalized spacial score (nSPS) is 22.5. The van der Waals surface area contributed by atoms with Crippen LogP contribution in [0.2, 0.25) is 0 Å². The van der Waals surface area contributed by atoms with E-state index < -0.39 is 34.9 Å². The first-order valence-corrected chi connectivity index (χ1v) is 6.12. The van der Waals surface area contributed by atoms with Gasteiger partial charge in [-0.2, -0.15) is 26.3 Å². The first-order valence-electron chi connectivity index (χ1n) is 6.12. The van der Waals surface area contributed by atoms with Gasteiger partial charge in [0.2, 0.25) is 0 Å². The number of hydrogen-bond acceptors (Lipinski definition) is 0. The van der Waals surface area contributed by atoms with Crippen LogP contribution in [0.25, 0.3) is 16.5 Å². The minimum absolute atomic E-state index is 0.326. The summed E-state index contributed by atoms with van der Waals surface area (Å²) in [4.78, 5) is 0. The Kier molecular flexibility index (Phi) is 2.75. The van der Waals surface area contributed by atoms with E-state index in [1.165, 1.54) is 19.2 Å². The van der Waals surface area contributed by atoms with E-state index in [9.17, 15) is 30.7 Å². The lowest BCUT2D eigenvalue weighted by Crippen LogP contribution is -2.48. The Bertz CT molecular complexity index is 801. The zero-order valence-corrected chi connectivity index (χ0v) is 11.0. The molecular weight excluding hydrogens is 315 g/mol. The third-order valence-corrected chi connectivity index (χ3v) is 3.81. The topological polar surface area (TPSA) is 4.93 Å². The van der Waals surface area contributed by atoms with E-state index in [0.717, 1.165) is 10.6 Å². The average Bonchev–Trinajstić information content (AvgIpc) is 2.79. The van der Waals surface area contributed by atoms with Crippen molar-refractivity contribution in [2.45, 2.75) is 17.8 Å². The lowest BCUT2D eigenvalue weighted by molar-refractivity contribution is -0.263. The summed E-state index contributed by atoms with van der Waals surface area (Å²) in [6.07, 6.45) is 0. The molecule has 22 heavy (non-hydrogen) atoms. The highest BCUT2D eigenvalue weighted by molar-refractivity contribution is 5.88. The van der Waals surface area contributed by atoms with Crippen molar-refractivity contribution in [1.29, 1.82) is 0 Å². The van der Waals surface area contributed by atoms with E-state index in [1.807, 2.05) is 0 Å². The SMILES string of the molecule is Cn1c(C2=C(F)C(F)(F)C(F)(F)C2(F)F)cc2ccccc21. The Morgan fingerprint density at radius 1 is 0.909 bits per heavy atom. The summed E-state index contributed by atoms with van der Waals surface area (Å²) < 4.78 is 95.3. The molecule has 1 aliphatic carbocycles. The fourth-order valence-electron chi connectivity index (χ4n) is 2.59. The van der Waals surface area contributed by atoms with Gasteiger partial charge in [0, 0.05) is 18.0 Å². The highest BCUT2D eigenvalue weighted by atomic mass is 19.3. The molecule has 1 aromatic carbocycles. The van der Waals surface area contributed by atoms with Gasteiger partial charge in [-0.3, -0.25) is 0 Å². The van der Waals surface area contributed by atoms with E-state index in [0.29, 0.717) is 10.9 Å². The lowest BCUT2D eigenvalue weighted by Gasteiger charge is -2.24. The Balaban J connectivity index is 2.34. The van der Waals surface area contributed by atoms with Crippen molar-refractivity contribution >= 4 is 16.5 Å². The highest BCUT2D eigenvalue weighted by Crippen LogP contribution is 2.62. The van der Waals surface area contributed by atoms with Gasteiger partial charge in [0.05, 0.1) is 11.3 Å². The van der Waals surface area contributed by atoms with Crippen molar-refractivity contribution in [2.75, 3.05) is 0 Å². The predicted octanol–water partition coefficient (Wildman–Crippen LogP) is 4.78. The van der Waals surface area contributed by atoms with Crippen LogP contribution in [0.3, 0.4) is 0 Å². The van der Waals surface area contributed by atoms with Crippen LogP contribution in [0, 0.1) is 0 Å². The fraction of sp³-hybridized carbons (Fsp3) is 0.286. The van der Waals surface area contributed by atoms with Crippen molar-refractivity contribution in [3.05, 3.63) is 41.9 Å². The molecule has 3 rings (SSSR count). The maximum absolute atomic E-state index is 13.8. The molecule has 0 radical (unpaired) electrons. The smallest absolute Gasteiger partial charge is 0.344 e. The number of nitrogens with zero attached hydrogens (tertiary/aromatic N) is 1. The van der Waals surface area contributed by atoms with E-state index in [4.69, 9.17) is 0 Å². The fourth-order valence-corrected chi connectivity index (χ4v) is 2.59. The van der Waals surface area contributed by atoms with Crippen LogP contribution >= 0.6 is 0 Å². The molecule has 1 heterocycles. The molecule has 1 nitrogen and oxygen atoms in total. The molecule has 0 bridgehead atoms. The van der Waals surface area contributed by atoms with Gasteiger partial charge in [-0.1, -0.05) is 18.2 Å². The van der Waals surface area contributed by atoms with Crippen molar-refractivity contribution < 1.29 is 30.7 Å². The minimum atomic E-state index is -5.82. The summed E-state index contributed by atoms with van der Waals surface area (Å²) in [5, 5.41) is 0.342. The summed E-state index contributed by atoms with van der Waals surface area (Å²) in [6, 6.07) is 7.02. The summed E-state index contributed by atoms with van der Waals surface area (Å²) >= 11 is 0. The largest absolute Gasteiger partial charge is 0.383 e. The Hall–Kier alpha value is -1.99. The number of rotatable bonds is 1. The van der Waals surface area contributed by atoms with Gasteiger partial charge in [-0.25, -0.2) is 4.39 Å². The number of fused-ring (bicyclic) bond motifs is 1. The Morgan fingerprint density at radius 2 is 1.50 bits per heavy atom. The summed E-state index contributed by atoms with van der Waals surface area (Å²) in [6.45, 7) is 0. The quantitative estimate of drug-likeness (QED) is 0.666. The zero-order chi connectivity index (χ0) is 16.5. The number of benzene rings is 1. The molecular formula is C14H8F7N. The second-order valence-electron chi connectivity index (χ2n) is 5.06. The molecule has 1 aliphatic rings. The number of aryl methyl sites for hydroxylation is 1. The van der Waals surface area contributed by atoms with Crippen molar-refractivity contribution in [1.82, 2.24) is 4.57 Å². The van der Waals surface area contributed by atoms with Crippen LogP contribution < -0.4 is 0 Å². The molecule has 8 heteroatoms. The zero-order valence-electron chi connectivity index (χ0n) is 11.0. The van der Waals surface area contributed by atoms with Crippen molar-refractivity contribution in [3.8, 4) is 0 Å². The summed E-state index contributed by atoms with van der Waals surface area (Å²) in [7, 11) is 1.21. The molecule has 0 saturated carbocycles. The molecule has 0 N–H and O–H groups in total. The minimum Gasteiger partial charge on any atom is -0.344 e. The lowest BCUT2D eigenvalue weighted by atomic mass is 10.1. The van der Waals surface area contributed by atoms with E-state index in [1.54, 1.807) is 12.1 Å². The summed E-state index contributed by atoms with van der Waals surface area (Å²) in [5.41, 5.74) is -2.35. The molecule has 0 aliphatic heterocycles. The second kappa shape index (κ2) is 4.05. The number of allylic oxidation sites excluding steroid dienone is 2. The van der Waals surface area contributed by atoms with Crippen molar-refractivity contribution in [2.24, 2.45) is 7.05 Å². The van der Waals surface area contributed by atoms with E-state index in [-0.39, 0.29) is 0 Å². The number of hydrogen-bond donors (Lipinski definition) is 0. The van der Waals surface area contributed by atoms with Gasteiger partial charge < -0.3 is 4.57 Å². The number of aromatic nitrogens is 1. The first kappa shape index (κ1) is 14.9. The van der Waals surface area contributed by atoms with Crippen LogP contribution in [-0.4, -0.2) is 22.3 Å². The standard InChI is InChI=1S/C14H8F7N/c1-22-8-5-3-2-4-7(8)6-9(22)10-11(15)13(18,19)14(20,21)12(10,16)17/h2-6H,1H3. The molecule has 1 aromatic heterocycles.